The van der Waals surface area contributed by atoms with Gasteiger partial charge >= 0.3 is 0 Å². The zero-order valence-corrected chi connectivity index (χ0v) is 9.61. The fourth-order valence-corrected chi connectivity index (χ4v) is 1.32. The van der Waals surface area contributed by atoms with E-state index in [-0.39, 0.29) is 18.1 Å². The summed E-state index contributed by atoms with van der Waals surface area (Å²) in [5.74, 6) is -0.754. The molecule has 0 aliphatic rings. The summed E-state index contributed by atoms with van der Waals surface area (Å²) in [6, 6.07) is 8.00. The van der Waals surface area contributed by atoms with Crippen LogP contribution in [0.4, 0.5) is 10.1 Å². The lowest BCUT2D eigenvalue weighted by Gasteiger charge is -2.14. The first-order valence-electron chi connectivity index (χ1n) is 5.23. The molecule has 1 rings (SSSR count). The van der Waals surface area contributed by atoms with Crippen molar-refractivity contribution in [1.82, 2.24) is 4.90 Å². The molecule has 5 heteroatoms. The molecular weight excluding hydrogens is 221 g/mol. The molecule has 1 amide bonds. The normalized spacial score (nSPS) is 10.0. The maximum atomic E-state index is 13.2. The van der Waals surface area contributed by atoms with Crippen molar-refractivity contribution in [2.24, 2.45) is 0 Å². The van der Waals surface area contributed by atoms with Gasteiger partial charge in [0, 0.05) is 13.0 Å². The highest BCUT2D eigenvalue weighted by Crippen LogP contribution is 2.11. The monoisotopic (exact) mass is 235 g/mol. The van der Waals surface area contributed by atoms with Crippen molar-refractivity contribution < 1.29 is 9.18 Å². The molecule has 0 saturated carbocycles. The molecule has 17 heavy (non-hydrogen) atoms. The van der Waals surface area contributed by atoms with Crippen LogP contribution in [0.1, 0.15) is 6.42 Å². The fourth-order valence-electron chi connectivity index (χ4n) is 1.32. The quantitative estimate of drug-likeness (QED) is 0.843. The molecule has 0 aliphatic carbocycles. The number of para-hydroxylation sites is 1. The Morgan fingerprint density at radius 1 is 1.53 bits per heavy atom. The van der Waals surface area contributed by atoms with Gasteiger partial charge in [-0.15, -0.1) is 0 Å². The van der Waals surface area contributed by atoms with Crippen LogP contribution in [0.15, 0.2) is 24.3 Å². The van der Waals surface area contributed by atoms with E-state index in [1.54, 1.807) is 24.1 Å². The molecule has 0 atom stereocenters. The number of carbonyl (C=O) groups excluding carboxylic acids is 1. The SMILES string of the molecule is CN(CCC#N)CC(=O)Nc1ccccc1F. The van der Waals surface area contributed by atoms with Crippen LogP contribution in [0.5, 0.6) is 0 Å². The lowest BCUT2D eigenvalue weighted by Crippen LogP contribution is -2.31. The van der Waals surface area contributed by atoms with E-state index in [1.165, 1.54) is 12.1 Å². The molecule has 1 N–H and O–H groups in total. The second-order valence-corrected chi connectivity index (χ2v) is 3.67. The van der Waals surface area contributed by atoms with Gasteiger partial charge < -0.3 is 5.32 Å². The molecule has 0 bridgehead atoms. The maximum absolute atomic E-state index is 13.2. The lowest BCUT2D eigenvalue weighted by molar-refractivity contribution is -0.117. The Labute approximate surface area is 99.7 Å². The summed E-state index contributed by atoms with van der Waals surface area (Å²) in [7, 11) is 1.73. The number of nitrogens with zero attached hydrogens (tertiary/aromatic N) is 2. The Bertz CT molecular complexity index is 428. The van der Waals surface area contributed by atoms with E-state index >= 15 is 0 Å². The van der Waals surface area contributed by atoms with Crippen molar-refractivity contribution in [2.75, 3.05) is 25.5 Å². The molecule has 4 nitrogen and oxygen atoms in total. The summed E-state index contributed by atoms with van der Waals surface area (Å²) in [4.78, 5) is 13.2. The fraction of sp³-hybridized carbons (Fsp3) is 0.333. The molecule has 0 unspecified atom stereocenters. The van der Waals surface area contributed by atoms with E-state index in [4.69, 9.17) is 5.26 Å². The number of carbonyl (C=O) groups is 1. The van der Waals surface area contributed by atoms with Crippen LogP contribution in [0.25, 0.3) is 0 Å². The number of anilines is 1. The number of amides is 1. The van der Waals surface area contributed by atoms with E-state index in [1.807, 2.05) is 6.07 Å². The minimum atomic E-state index is -0.458. The van der Waals surface area contributed by atoms with Gasteiger partial charge in [-0.2, -0.15) is 5.26 Å². The molecule has 0 radical (unpaired) electrons. The number of nitriles is 1. The summed E-state index contributed by atoms with van der Waals surface area (Å²) in [6.45, 7) is 0.650. The molecule has 1 aromatic carbocycles. The van der Waals surface area contributed by atoms with E-state index < -0.39 is 5.82 Å². The third kappa shape index (κ3) is 4.62. The van der Waals surface area contributed by atoms with E-state index in [2.05, 4.69) is 5.32 Å². The van der Waals surface area contributed by atoms with E-state index in [9.17, 15) is 9.18 Å². The number of rotatable bonds is 5. The number of nitrogens with one attached hydrogen (secondary N) is 1. The molecule has 0 heterocycles. The maximum Gasteiger partial charge on any atom is 0.238 e. The van der Waals surface area contributed by atoms with Gasteiger partial charge in [0.15, 0.2) is 0 Å². The van der Waals surface area contributed by atoms with Gasteiger partial charge in [-0.3, -0.25) is 9.69 Å². The molecule has 90 valence electrons. The van der Waals surface area contributed by atoms with E-state index in [0.29, 0.717) is 13.0 Å². The standard InChI is InChI=1S/C12H14FN3O/c1-16(8-4-7-14)9-12(17)15-11-6-3-2-5-10(11)13/h2-3,5-6H,4,8-9H2,1H3,(H,15,17). The first-order chi connectivity index (χ1) is 8.13. The summed E-state index contributed by atoms with van der Waals surface area (Å²) in [6.07, 6.45) is 0.365. The van der Waals surface area contributed by atoms with Crippen molar-refractivity contribution in [2.45, 2.75) is 6.42 Å². The molecule has 0 fully saturated rings. The first kappa shape index (κ1) is 13.1. The minimum absolute atomic E-state index is 0.135. The Morgan fingerprint density at radius 3 is 2.88 bits per heavy atom. The molecule has 0 spiro atoms. The molecule has 0 aliphatic heterocycles. The van der Waals surface area contributed by atoms with Gasteiger partial charge in [0.1, 0.15) is 5.82 Å². The second-order valence-electron chi connectivity index (χ2n) is 3.67. The number of benzene rings is 1. The van der Waals surface area contributed by atoms with Gasteiger partial charge in [0.2, 0.25) is 5.91 Å². The number of likely N-dealkylation sites (N-methyl/N-ethyl adjacent to an activating group) is 1. The smallest absolute Gasteiger partial charge is 0.238 e. The Morgan fingerprint density at radius 2 is 2.24 bits per heavy atom. The van der Waals surface area contributed by atoms with Crippen LogP contribution >= 0.6 is 0 Å². The predicted molar refractivity (Wildman–Crippen MR) is 62.8 cm³/mol. The van der Waals surface area contributed by atoms with Crippen LogP contribution in [-0.4, -0.2) is 30.9 Å². The Hall–Kier alpha value is -1.93. The summed E-state index contributed by atoms with van der Waals surface area (Å²) in [5, 5.41) is 10.9. The predicted octanol–water partition coefficient (Wildman–Crippen LogP) is 1.61. The first-order valence-corrected chi connectivity index (χ1v) is 5.23. The topological polar surface area (TPSA) is 56.1 Å². The average Bonchev–Trinajstić information content (AvgIpc) is 2.29. The third-order valence-corrected chi connectivity index (χ3v) is 2.17. The van der Waals surface area contributed by atoms with Crippen LogP contribution in [0.3, 0.4) is 0 Å². The molecular formula is C12H14FN3O. The van der Waals surface area contributed by atoms with Crippen LogP contribution < -0.4 is 5.32 Å². The van der Waals surface area contributed by atoms with Crippen molar-refractivity contribution in [3.8, 4) is 6.07 Å². The highest BCUT2D eigenvalue weighted by atomic mass is 19.1. The average molecular weight is 235 g/mol. The number of halogens is 1. The van der Waals surface area contributed by atoms with Crippen LogP contribution in [0.2, 0.25) is 0 Å². The molecule has 0 aromatic heterocycles. The summed E-state index contributed by atoms with van der Waals surface area (Å²) in [5.41, 5.74) is 0.172. The molecule has 0 saturated heterocycles. The Kier molecular flexibility index (Phi) is 5.11. The van der Waals surface area contributed by atoms with Gasteiger partial charge in [-0.05, 0) is 19.2 Å². The Balaban J connectivity index is 2.45. The summed E-state index contributed by atoms with van der Waals surface area (Å²) < 4.78 is 13.2. The van der Waals surface area contributed by atoms with E-state index in [0.717, 1.165) is 0 Å². The molecule has 1 aromatic rings. The van der Waals surface area contributed by atoms with Crippen molar-refractivity contribution in [3.63, 3.8) is 0 Å². The minimum Gasteiger partial charge on any atom is -0.322 e. The second kappa shape index (κ2) is 6.61. The lowest BCUT2D eigenvalue weighted by atomic mass is 10.3. The van der Waals surface area contributed by atoms with Crippen molar-refractivity contribution >= 4 is 11.6 Å². The zero-order valence-electron chi connectivity index (χ0n) is 9.61. The zero-order chi connectivity index (χ0) is 12.7. The number of hydrogen-bond donors (Lipinski definition) is 1. The van der Waals surface area contributed by atoms with Gasteiger partial charge in [-0.25, -0.2) is 4.39 Å². The van der Waals surface area contributed by atoms with Crippen molar-refractivity contribution in [1.29, 1.82) is 5.26 Å². The van der Waals surface area contributed by atoms with Gasteiger partial charge in [0.05, 0.1) is 18.3 Å². The highest BCUT2D eigenvalue weighted by Gasteiger charge is 2.08. The van der Waals surface area contributed by atoms with Gasteiger partial charge in [0.25, 0.3) is 0 Å². The number of hydrogen-bond acceptors (Lipinski definition) is 3. The van der Waals surface area contributed by atoms with Gasteiger partial charge in [-0.1, -0.05) is 12.1 Å². The highest BCUT2D eigenvalue weighted by molar-refractivity contribution is 5.92. The largest absolute Gasteiger partial charge is 0.322 e. The van der Waals surface area contributed by atoms with Crippen molar-refractivity contribution in [3.05, 3.63) is 30.1 Å². The van der Waals surface area contributed by atoms with Crippen LogP contribution in [-0.2, 0) is 4.79 Å². The van der Waals surface area contributed by atoms with Crippen LogP contribution in [0, 0.1) is 17.1 Å². The third-order valence-electron chi connectivity index (χ3n) is 2.17. The summed E-state index contributed by atoms with van der Waals surface area (Å²) >= 11 is 0.